The maximum Gasteiger partial charge on any atom is 0.339 e. The second-order valence-electron chi connectivity index (χ2n) is 6.74. The summed E-state index contributed by atoms with van der Waals surface area (Å²) in [6.07, 6.45) is 1.59. The van der Waals surface area contributed by atoms with Crippen molar-refractivity contribution in [1.29, 1.82) is 0 Å². The summed E-state index contributed by atoms with van der Waals surface area (Å²) in [6, 6.07) is 10.9. The van der Waals surface area contributed by atoms with Crippen molar-refractivity contribution in [2.45, 2.75) is 19.8 Å². The van der Waals surface area contributed by atoms with Gasteiger partial charge in [0.25, 0.3) is 5.91 Å². The van der Waals surface area contributed by atoms with Gasteiger partial charge in [-0.1, -0.05) is 26.0 Å². The van der Waals surface area contributed by atoms with Gasteiger partial charge in [0, 0.05) is 37.9 Å². The van der Waals surface area contributed by atoms with Crippen molar-refractivity contribution in [3.63, 3.8) is 0 Å². The number of hydrogen-bond acceptors (Lipinski definition) is 4. The summed E-state index contributed by atoms with van der Waals surface area (Å²) in [5.41, 5.74) is 2.09. The van der Waals surface area contributed by atoms with E-state index >= 15 is 0 Å². The number of piperazine rings is 1. The van der Waals surface area contributed by atoms with Gasteiger partial charge in [-0.3, -0.25) is 4.79 Å². The Bertz CT molecular complexity index is 794. The molecule has 1 N–H and O–H groups in total. The average Bonchev–Trinajstić information content (AvgIpc) is 2.67. The normalized spacial score (nSPS) is 14.6. The van der Waals surface area contributed by atoms with Gasteiger partial charge < -0.3 is 14.9 Å². The van der Waals surface area contributed by atoms with E-state index in [9.17, 15) is 14.7 Å². The van der Waals surface area contributed by atoms with Crippen LogP contribution in [0.2, 0.25) is 0 Å². The number of anilines is 1. The molecular weight excluding hydrogens is 330 g/mol. The monoisotopic (exact) mass is 353 g/mol. The number of rotatable bonds is 4. The zero-order chi connectivity index (χ0) is 18.7. The Kier molecular flexibility index (Phi) is 5.21. The molecule has 1 fully saturated rings. The van der Waals surface area contributed by atoms with E-state index in [1.54, 1.807) is 18.3 Å². The van der Waals surface area contributed by atoms with E-state index in [1.807, 2.05) is 34.1 Å². The number of carbonyl (C=O) groups is 2. The molecule has 0 unspecified atom stereocenters. The number of amides is 1. The van der Waals surface area contributed by atoms with Gasteiger partial charge in [-0.2, -0.15) is 0 Å². The fraction of sp³-hybridized carbons (Fsp3) is 0.350. The highest BCUT2D eigenvalue weighted by Crippen LogP contribution is 2.20. The maximum atomic E-state index is 12.7. The molecule has 0 radical (unpaired) electrons. The van der Waals surface area contributed by atoms with Crippen molar-refractivity contribution in [2.75, 3.05) is 31.1 Å². The number of hydrogen-bond donors (Lipinski definition) is 1. The topological polar surface area (TPSA) is 73.7 Å². The highest BCUT2D eigenvalue weighted by atomic mass is 16.4. The molecule has 1 aliphatic rings. The molecule has 1 amide bonds. The van der Waals surface area contributed by atoms with Gasteiger partial charge in [0.05, 0.1) is 0 Å². The zero-order valence-electron chi connectivity index (χ0n) is 15.1. The van der Waals surface area contributed by atoms with Crippen LogP contribution in [0.4, 0.5) is 5.82 Å². The number of benzene rings is 1. The van der Waals surface area contributed by atoms with Crippen molar-refractivity contribution in [2.24, 2.45) is 0 Å². The predicted molar refractivity (Wildman–Crippen MR) is 99.8 cm³/mol. The number of aromatic nitrogens is 1. The molecule has 6 nitrogen and oxygen atoms in total. The average molecular weight is 353 g/mol. The van der Waals surface area contributed by atoms with Crippen LogP contribution >= 0.6 is 0 Å². The summed E-state index contributed by atoms with van der Waals surface area (Å²) in [5.74, 6) is -0.0748. The summed E-state index contributed by atoms with van der Waals surface area (Å²) < 4.78 is 0. The Morgan fingerprint density at radius 1 is 1.04 bits per heavy atom. The van der Waals surface area contributed by atoms with E-state index in [0.29, 0.717) is 43.5 Å². The molecular formula is C20H23N3O3. The SMILES string of the molecule is CC(C)c1ccc(C(=O)N2CCN(c3ncccc3C(=O)O)CC2)cc1. The fourth-order valence-corrected chi connectivity index (χ4v) is 3.13. The zero-order valence-corrected chi connectivity index (χ0v) is 15.1. The minimum Gasteiger partial charge on any atom is -0.478 e. The molecule has 3 rings (SSSR count). The van der Waals surface area contributed by atoms with Gasteiger partial charge in [0.15, 0.2) is 0 Å². The molecule has 6 heteroatoms. The lowest BCUT2D eigenvalue weighted by Crippen LogP contribution is -2.49. The van der Waals surface area contributed by atoms with Crippen molar-refractivity contribution in [3.05, 3.63) is 59.3 Å². The molecule has 0 aliphatic carbocycles. The van der Waals surface area contributed by atoms with Gasteiger partial charge in [0.1, 0.15) is 11.4 Å². The van der Waals surface area contributed by atoms with Crippen molar-refractivity contribution < 1.29 is 14.7 Å². The van der Waals surface area contributed by atoms with Crippen LogP contribution in [-0.2, 0) is 0 Å². The molecule has 2 heterocycles. The Morgan fingerprint density at radius 3 is 2.27 bits per heavy atom. The standard InChI is InChI=1S/C20H23N3O3/c1-14(2)15-5-7-16(8-6-15)19(24)23-12-10-22(11-13-23)18-17(20(25)26)4-3-9-21-18/h3-9,14H,10-13H2,1-2H3,(H,25,26). The lowest BCUT2D eigenvalue weighted by molar-refractivity contribution is 0.0692. The Balaban J connectivity index is 1.67. The Labute approximate surface area is 153 Å². The summed E-state index contributed by atoms with van der Waals surface area (Å²) in [4.78, 5) is 32.0. The highest BCUT2D eigenvalue weighted by Gasteiger charge is 2.25. The minimum absolute atomic E-state index is 0.0134. The molecule has 2 aromatic rings. The molecule has 1 aliphatic heterocycles. The number of carboxylic acids is 1. The fourth-order valence-electron chi connectivity index (χ4n) is 3.13. The minimum atomic E-state index is -0.989. The lowest BCUT2D eigenvalue weighted by atomic mass is 10.0. The number of pyridine rings is 1. The van der Waals surface area contributed by atoms with E-state index in [1.165, 1.54) is 5.56 Å². The first-order valence-corrected chi connectivity index (χ1v) is 8.80. The molecule has 26 heavy (non-hydrogen) atoms. The second-order valence-corrected chi connectivity index (χ2v) is 6.74. The second kappa shape index (κ2) is 7.56. The summed E-state index contributed by atoms with van der Waals surface area (Å²) in [7, 11) is 0. The van der Waals surface area contributed by atoms with Gasteiger partial charge in [-0.15, -0.1) is 0 Å². The van der Waals surface area contributed by atoms with Gasteiger partial charge in [-0.05, 0) is 35.7 Å². The van der Waals surface area contributed by atoms with Crippen LogP contribution < -0.4 is 4.90 Å². The van der Waals surface area contributed by atoms with Crippen molar-refractivity contribution >= 4 is 17.7 Å². The summed E-state index contributed by atoms with van der Waals surface area (Å²) in [5, 5.41) is 9.32. The van der Waals surface area contributed by atoms with Crippen LogP contribution in [0.3, 0.4) is 0 Å². The van der Waals surface area contributed by atoms with E-state index in [0.717, 1.165) is 0 Å². The quantitative estimate of drug-likeness (QED) is 0.915. The van der Waals surface area contributed by atoms with Crippen LogP contribution in [0.5, 0.6) is 0 Å². The molecule has 0 bridgehead atoms. The summed E-state index contributed by atoms with van der Waals surface area (Å²) >= 11 is 0. The molecule has 0 saturated carbocycles. The van der Waals surface area contributed by atoms with Crippen LogP contribution in [0.25, 0.3) is 0 Å². The van der Waals surface area contributed by atoms with E-state index in [4.69, 9.17) is 0 Å². The third-order valence-electron chi connectivity index (χ3n) is 4.71. The molecule has 1 aromatic carbocycles. The molecule has 0 atom stereocenters. The van der Waals surface area contributed by atoms with E-state index in [-0.39, 0.29) is 11.5 Å². The molecule has 0 spiro atoms. The largest absolute Gasteiger partial charge is 0.478 e. The third-order valence-corrected chi connectivity index (χ3v) is 4.71. The Morgan fingerprint density at radius 2 is 1.69 bits per heavy atom. The predicted octanol–water partition coefficient (Wildman–Crippen LogP) is 2.87. The third kappa shape index (κ3) is 3.69. The number of nitrogens with zero attached hydrogens (tertiary/aromatic N) is 3. The van der Waals surface area contributed by atoms with Crippen LogP contribution in [0, 0.1) is 0 Å². The first-order chi connectivity index (χ1) is 12.5. The van der Waals surface area contributed by atoms with Gasteiger partial charge in [-0.25, -0.2) is 9.78 Å². The van der Waals surface area contributed by atoms with E-state index < -0.39 is 5.97 Å². The molecule has 136 valence electrons. The number of carboxylic acid groups (broad SMARTS) is 1. The number of aromatic carboxylic acids is 1. The van der Waals surface area contributed by atoms with Gasteiger partial charge in [0.2, 0.25) is 0 Å². The smallest absolute Gasteiger partial charge is 0.339 e. The number of carbonyl (C=O) groups excluding carboxylic acids is 1. The summed E-state index contributed by atoms with van der Waals surface area (Å²) in [6.45, 7) is 6.46. The highest BCUT2D eigenvalue weighted by molar-refractivity contribution is 5.95. The first-order valence-electron chi connectivity index (χ1n) is 8.80. The van der Waals surface area contributed by atoms with Crippen LogP contribution in [-0.4, -0.2) is 53.0 Å². The van der Waals surface area contributed by atoms with Crippen LogP contribution in [0.15, 0.2) is 42.6 Å². The molecule has 1 saturated heterocycles. The Hall–Kier alpha value is -2.89. The molecule has 1 aromatic heterocycles. The van der Waals surface area contributed by atoms with Crippen molar-refractivity contribution in [1.82, 2.24) is 9.88 Å². The lowest BCUT2D eigenvalue weighted by Gasteiger charge is -2.36. The van der Waals surface area contributed by atoms with Crippen molar-refractivity contribution in [3.8, 4) is 0 Å². The maximum absolute atomic E-state index is 12.7. The van der Waals surface area contributed by atoms with Crippen LogP contribution in [0.1, 0.15) is 46.0 Å². The van der Waals surface area contributed by atoms with E-state index in [2.05, 4.69) is 18.8 Å². The van der Waals surface area contributed by atoms with Gasteiger partial charge >= 0.3 is 5.97 Å². The first kappa shape index (κ1) is 17.9.